The molecule has 1 N–H and O–H groups in total. The summed E-state index contributed by atoms with van der Waals surface area (Å²) in [5.74, 6) is -0.626. The Morgan fingerprint density at radius 3 is 2.70 bits per heavy atom. The zero-order valence-electron chi connectivity index (χ0n) is 13.4. The highest BCUT2D eigenvalue weighted by molar-refractivity contribution is 7.18. The van der Waals surface area contributed by atoms with Crippen molar-refractivity contribution in [3.05, 3.63) is 74.6 Å². The van der Waals surface area contributed by atoms with Crippen LogP contribution < -0.4 is 10.9 Å². The number of para-hydroxylation sites is 1. The Morgan fingerprint density at radius 1 is 1.07 bits per heavy atom. The minimum absolute atomic E-state index is 0.116. The van der Waals surface area contributed by atoms with Crippen LogP contribution in [0.4, 0.5) is 5.13 Å². The van der Waals surface area contributed by atoms with E-state index in [-0.39, 0.29) is 10.7 Å². The van der Waals surface area contributed by atoms with Crippen LogP contribution in [0, 0.1) is 0 Å². The molecule has 4 aromatic rings. The Labute approximate surface area is 166 Å². The highest BCUT2D eigenvalue weighted by Crippen LogP contribution is 2.33. The van der Waals surface area contributed by atoms with E-state index in [4.69, 9.17) is 27.6 Å². The Kier molecular flexibility index (Phi) is 4.65. The fourth-order valence-corrected chi connectivity index (χ4v) is 3.76. The molecule has 0 saturated heterocycles. The van der Waals surface area contributed by atoms with Gasteiger partial charge in [0, 0.05) is 16.0 Å². The SMILES string of the molecule is O=C(Nc1nnc(-c2ccc(Cl)cc2Cl)s1)c1cc2ccccc2oc1=O. The van der Waals surface area contributed by atoms with Gasteiger partial charge in [0.1, 0.15) is 11.1 Å². The summed E-state index contributed by atoms with van der Waals surface area (Å²) in [6.45, 7) is 0. The number of halogens is 2. The second-order valence-electron chi connectivity index (χ2n) is 5.48. The van der Waals surface area contributed by atoms with Gasteiger partial charge in [-0.05, 0) is 30.3 Å². The maximum absolute atomic E-state index is 12.5. The molecule has 0 aliphatic rings. The van der Waals surface area contributed by atoms with Gasteiger partial charge in [0.15, 0.2) is 5.01 Å². The number of nitrogens with one attached hydrogen (secondary N) is 1. The molecule has 0 aliphatic carbocycles. The number of carbonyl (C=O) groups excluding carboxylic acids is 1. The van der Waals surface area contributed by atoms with Crippen LogP contribution in [0.2, 0.25) is 10.0 Å². The average Bonchev–Trinajstić information content (AvgIpc) is 3.09. The summed E-state index contributed by atoms with van der Waals surface area (Å²) in [7, 11) is 0. The van der Waals surface area contributed by atoms with Crippen LogP contribution in [0.25, 0.3) is 21.5 Å². The number of aromatic nitrogens is 2. The van der Waals surface area contributed by atoms with E-state index in [0.29, 0.717) is 31.6 Å². The van der Waals surface area contributed by atoms with Gasteiger partial charge in [-0.25, -0.2) is 4.79 Å². The van der Waals surface area contributed by atoms with E-state index in [0.717, 1.165) is 11.3 Å². The second kappa shape index (κ2) is 7.11. The van der Waals surface area contributed by atoms with Gasteiger partial charge in [0.05, 0.1) is 5.02 Å². The molecule has 0 atom stereocenters. The van der Waals surface area contributed by atoms with E-state index < -0.39 is 11.5 Å². The van der Waals surface area contributed by atoms with Crippen molar-refractivity contribution in [3.8, 4) is 10.6 Å². The number of rotatable bonds is 3. The zero-order valence-corrected chi connectivity index (χ0v) is 15.7. The maximum Gasteiger partial charge on any atom is 0.349 e. The third kappa shape index (κ3) is 3.57. The van der Waals surface area contributed by atoms with Crippen molar-refractivity contribution in [1.82, 2.24) is 10.2 Å². The van der Waals surface area contributed by atoms with E-state index in [2.05, 4.69) is 15.5 Å². The highest BCUT2D eigenvalue weighted by Gasteiger charge is 2.17. The molecule has 0 spiro atoms. The van der Waals surface area contributed by atoms with Crippen molar-refractivity contribution in [1.29, 1.82) is 0 Å². The summed E-state index contributed by atoms with van der Waals surface area (Å²) in [4.78, 5) is 24.5. The lowest BCUT2D eigenvalue weighted by Crippen LogP contribution is -2.20. The molecule has 134 valence electrons. The summed E-state index contributed by atoms with van der Waals surface area (Å²) in [5.41, 5.74) is 0.213. The molecule has 2 aromatic carbocycles. The van der Waals surface area contributed by atoms with Crippen molar-refractivity contribution < 1.29 is 9.21 Å². The Bertz CT molecular complexity index is 1240. The van der Waals surface area contributed by atoms with Crippen LogP contribution in [0.3, 0.4) is 0 Å². The maximum atomic E-state index is 12.5. The zero-order chi connectivity index (χ0) is 19.0. The first-order valence-corrected chi connectivity index (χ1v) is 9.22. The van der Waals surface area contributed by atoms with Gasteiger partial charge in [0.25, 0.3) is 5.91 Å². The monoisotopic (exact) mass is 417 g/mol. The average molecular weight is 418 g/mol. The molecule has 9 heteroatoms. The predicted octanol–water partition coefficient (Wildman–Crippen LogP) is 4.87. The third-order valence-electron chi connectivity index (χ3n) is 3.69. The number of fused-ring (bicyclic) bond motifs is 1. The quantitative estimate of drug-likeness (QED) is 0.480. The lowest BCUT2D eigenvalue weighted by atomic mass is 10.2. The van der Waals surface area contributed by atoms with Gasteiger partial charge in [-0.2, -0.15) is 0 Å². The van der Waals surface area contributed by atoms with Crippen LogP contribution in [0.15, 0.2) is 57.7 Å². The summed E-state index contributed by atoms with van der Waals surface area (Å²) in [6, 6.07) is 13.4. The molecule has 2 heterocycles. The first-order valence-electron chi connectivity index (χ1n) is 7.64. The van der Waals surface area contributed by atoms with Crippen LogP contribution in [0.5, 0.6) is 0 Å². The first kappa shape index (κ1) is 17.7. The van der Waals surface area contributed by atoms with E-state index >= 15 is 0 Å². The molecule has 4 rings (SSSR count). The second-order valence-corrected chi connectivity index (χ2v) is 7.30. The van der Waals surface area contributed by atoms with Crippen molar-refractivity contribution in [2.45, 2.75) is 0 Å². The number of carbonyl (C=O) groups is 1. The molecule has 27 heavy (non-hydrogen) atoms. The smallest absolute Gasteiger partial charge is 0.349 e. The lowest BCUT2D eigenvalue weighted by molar-refractivity contribution is 0.102. The van der Waals surface area contributed by atoms with Crippen molar-refractivity contribution in [2.75, 3.05) is 5.32 Å². The molecule has 0 bridgehead atoms. The molecule has 0 radical (unpaired) electrons. The molecular formula is C18H9Cl2N3O3S. The van der Waals surface area contributed by atoms with Crippen molar-refractivity contribution >= 4 is 56.5 Å². The van der Waals surface area contributed by atoms with Crippen LogP contribution in [-0.4, -0.2) is 16.1 Å². The summed E-state index contributed by atoms with van der Waals surface area (Å²) in [5, 5.41) is 12.8. The molecule has 2 aromatic heterocycles. The van der Waals surface area contributed by atoms with Gasteiger partial charge in [-0.3, -0.25) is 10.1 Å². The van der Waals surface area contributed by atoms with Gasteiger partial charge in [0.2, 0.25) is 5.13 Å². The summed E-state index contributed by atoms with van der Waals surface area (Å²) >= 11 is 13.2. The molecule has 1 amide bonds. The minimum Gasteiger partial charge on any atom is -0.422 e. The van der Waals surface area contributed by atoms with E-state index in [1.54, 1.807) is 42.5 Å². The van der Waals surface area contributed by atoms with Crippen LogP contribution in [0.1, 0.15) is 10.4 Å². The molecular weight excluding hydrogens is 409 g/mol. The number of benzene rings is 2. The number of nitrogens with zero attached hydrogens (tertiary/aromatic N) is 2. The van der Waals surface area contributed by atoms with Crippen LogP contribution >= 0.6 is 34.5 Å². The Hall–Kier alpha value is -2.74. The van der Waals surface area contributed by atoms with Gasteiger partial charge >= 0.3 is 5.63 Å². The topological polar surface area (TPSA) is 85.1 Å². The number of hydrogen-bond donors (Lipinski definition) is 1. The largest absolute Gasteiger partial charge is 0.422 e. The minimum atomic E-state index is -0.725. The normalized spacial score (nSPS) is 10.9. The molecule has 0 aliphatic heterocycles. The van der Waals surface area contributed by atoms with Gasteiger partial charge in [-0.1, -0.05) is 52.7 Å². The first-order chi connectivity index (χ1) is 13.0. The van der Waals surface area contributed by atoms with Gasteiger partial charge < -0.3 is 4.42 Å². The molecule has 0 fully saturated rings. The Morgan fingerprint density at radius 2 is 1.89 bits per heavy atom. The molecule has 6 nitrogen and oxygen atoms in total. The fourth-order valence-electron chi connectivity index (χ4n) is 2.43. The number of anilines is 1. The fraction of sp³-hybridized carbons (Fsp3) is 0. The molecule has 0 unspecified atom stereocenters. The summed E-state index contributed by atoms with van der Waals surface area (Å²) in [6.07, 6.45) is 0. The standard InChI is InChI=1S/C18H9Cl2N3O3S/c19-10-5-6-11(13(20)8-10)16-22-23-18(27-16)21-15(24)12-7-9-3-1-2-4-14(9)26-17(12)25/h1-8H,(H,21,23,24). The van der Waals surface area contributed by atoms with E-state index in [9.17, 15) is 9.59 Å². The predicted molar refractivity (Wildman–Crippen MR) is 106 cm³/mol. The van der Waals surface area contributed by atoms with Crippen molar-refractivity contribution in [3.63, 3.8) is 0 Å². The highest BCUT2D eigenvalue weighted by atomic mass is 35.5. The summed E-state index contributed by atoms with van der Waals surface area (Å²) < 4.78 is 5.17. The number of hydrogen-bond acceptors (Lipinski definition) is 6. The Balaban J connectivity index is 1.62. The third-order valence-corrected chi connectivity index (χ3v) is 5.11. The van der Waals surface area contributed by atoms with Crippen molar-refractivity contribution in [2.24, 2.45) is 0 Å². The van der Waals surface area contributed by atoms with E-state index in [1.807, 2.05) is 0 Å². The van der Waals surface area contributed by atoms with Crippen LogP contribution in [-0.2, 0) is 0 Å². The lowest BCUT2D eigenvalue weighted by Gasteiger charge is -2.02. The number of amides is 1. The molecule has 0 saturated carbocycles. The van der Waals surface area contributed by atoms with E-state index in [1.165, 1.54) is 6.07 Å². The van der Waals surface area contributed by atoms with Gasteiger partial charge in [-0.15, -0.1) is 10.2 Å².